The first-order chi connectivity index (χ1) is 10.5. The maximum absolute atomic E-state index is 11.5. The van der Waals surface area contributed by atoms with Crippen molar-refractivity contribution in [3.8, 4) is 0 Å². The van der Waals surface area contributed by atoms with E-state index in [2.05, 4.69) is 51.7 Å². The second kappa shape index (κ2) is 6.08. The van der Waals surface area contributed by atoms with E-state index in [1.807, 2.05) is 0 Å². The summed E-state index contributed by atoms with van der Waals surface area (Å²) in [5.41, 5.74) is 2.51. The molecule has 1 unspecified atom stereocenters. The number of hydrogen-bond donors (Lipinski definition) is 2. The fourth-order valence-corrected chi connectivity index (χ4v) is 4.37. The van der Waals surface area contributed by atoms with E-state index in [9.17, 15) is 8.42 Å². The molecule has 0 spiro atoms. The maximum Gasteiger partial charge on any atom is 0.242 e. The number of sulfone groups is 1. The van der Waals surface area contributed by atoms with Gasteiger partial charge in [0.05, 0.1) is 11.5 Å². The average Bonchev–Trinajstić information content (AvgIpc) is 3.07. The van der Waals surface area contributed by atoms with E-state index >= 15 is 0 Å². The van der Waals surface area contributed by atoms with Crippen molar-refractivity contribution in [2.75, 3.05) is 23.4 Å². The molecular formula is C15H20N4O2S. The van der Waals surface area contributed by atoms with E-state index in [1.54, 1.807) is 0 Å². The Labute approximate surface area is 130 Å². The predicted molar refractivity (Wildman–Crippen MR) is 85.8 cm³/mol. The lowest BCUT2D eigenvalue weighted by Crippen LogP contribution is -2.07. The number of H-pyrrole nitrogens is 1. The van der Waals surface area contributed by atoms with Crippen molar-refractivity contribution in [2.24, 2.45) is 0 Å². The highest BCUT2D eigenvalue weighted by Crippen LogP contribution is 2.26. The minimum absolute atomic E-state index is 0.0508. The number of nitrogens with zero attached hydrogens (tertiary/aromatic N) is 2. The van der Waals surface area contributed by atoms with Gasteiger partial charge in [-0.05, 0) is 25.3 Å². The number of benzene rings is 1. The standard InChI is InChI=1S/C15H20N4O2S/c1-11-2-4-12(5-3-11)6-8-16-15-17-14(18-19-15)13-7-9-22(20,21)10-13/h2-5,13H,6-10H2,1H3,(H2,16,17,18,19). The average molecular weight is 320 g/mol. The zero-order valence-corrected chi connectivity index (χ0v) is 13.4. The zero-order chi connectivity index (χ0) is 15.6. The molecule has 1 saturated heterocycles. The van der Waals surface area contributed by atoms with E-state index in [0.717, 1.165) is 13.0 Å². The molecule has 2 aromatic rings. The van der Waals surface area contributed by atoms with Crippen molar-refractivity contribution < 1.29 is 8.42 Å². The molecule has 3 rings (SSSR count). The SMILES string of the molecule is Cc1ccc(CCNc2n[nH]c(C3CCS(=O)(=O)C3)n2)cc1. The summed E-state index contributed by atoms with van der Waals surface area (Å²) in [5, 5.41) is 10.1. The van der Waals surface area contributed by atoms with Crippen LogP contribution in [0.25, 0.3) is 0 Å². The van der Waals surface area contributed by atoms with Gasteiger partial charge in [0.1, 0.15) is 5.82 Å². The third-order valence-corrected chi connectivity index (χ3v) is 5.71. The first-order valence-electron chi connectivity index (χ1n) is 7.44. The number of aromatic nitrogens is 3. The number of nitrogens with one attached hydrogen (secondary N) is 2. The van der Waals surface area contributed by atoms with Gasteiger partial charge in [-0.2, -0.15) is 4.98 Å². The first-order valence-corrected chi connectivity index (χ1v) is 9.26. The molecule has 2 N–H and O–H groups in total. The second-order valence-electron chi connectivity index (χ2n) is 5.81. The Bertz CT molecular complexity index is 737. The minimum Gasteiger partial charge on any atom is -0.353 e. The molecule has 0 radical (unpaired) electrons. The Kier molecular flexibility index (Phi) is 4.15. The van der Waals surface area contributed by atoms with Gasteiger partial charge in [-0.1, -0.05) is 29.8 Å². The number of anilines is 1. The van der Waals surface area contributed by atoms with Gasteiger partial charge in [0.2, 0.25) is 5.95 Å². The molecule has 7 heteroatoms. The molecule has 1 fully saturated rings. The van der Waals surface area contributed by atoms with Crippen molar-refractivity contribution in [3.63, 3.8) is 0 Å². The smallest absolute Gasteiger partial charge is 0.242 e. The fourth-order valence-electron chi connectivity index (χ4n) is 2.62. The highest BCUT2D eigenvalue weighted by molar-refractivity contribution is 7.91. The molecule has 118 valence electrons. The quantitative estimate of drug-likeness (QED) is 0.875. The summed E-state index contributed by atoms with van der Waals surface area (Å²) in [6.45, 7) is 2.81. The lowest BCUT2D eigenvalue weighted by Gasteiger charge is -2.03. The molecule has 1 aliphatic heterocycles. The summed E-state index contributed by atoms with van der Waals surface area (Å²) in [6.07, 6.45) is 1.52. The van der Waals surface area contributed by atoms with Gasteiger partial charge in [-0.15, -0.1) is 5.10 Å². The number of aromatic amines is 1. The topological polar surface area (TPSA) is 87.7 Å². The van der Waals surface area contributed by atoms with Crippen molar-refractivity contribution in [1.82, 2.24) is 15.2 Å². The molecule has 1 aromatic heterocycles. The summed E-state index contributed by atoms with van der Waals surface area (Å²) in [7, 11) is -2.90. The molecule has 0 aliphatic carbocycles. The van der Waals surface area contributed by atoms with Gasteiger partial charge in [0.25, 0.3) is 0 Å². The molecule has 0 amide bonds. The van der Waals surface area contributed by atoms with Gasteiger partial charge in [0.15, 0.2) is 9.84 Å². The summed E-state index contributed by atoms with van der Waals surface area (Å²) < 4.78 is 23.0. The van der Waals surface area contributed by atoms with Crippen LogP contribution in [-0.2, 0) is 16.3 Å². The van der Waals surface area contributed by atoms with Crippen LogP contribution in [0.2, 0.25) is 0 Å². The van der Waals surface area contributed by atoms with Crippen LogP contribution in [0.4, 0.5) is 5.95 Å². The van der Waals surface area contributed by atoms with Crippen LogP contribution in [0, 0.1) is 6.92 Å². The predicted octanol–water partition coefficient (Wildman–Crippen LogP) is 1.67. The van der Waals surface area contributed by atoms with Gasteiger partial charge in [0, 0.05) is 12.5 Å². The van der Waals surface area contributed by atoms with Crippen LogP contribution in [0.3, 0.4) is 0 Å². The number of hydrogen-bond acceptors (Lipinski definition) is 5. The Balaban J connectivity index is 1.53. The van der Waals surface area contributed by atoms with Gasteiger partial charge < -0.3 is 5.32 Å². The third-order valence-electron chi connectivity index (χ3n) is 3.94. The zero-order valence-electron chi connectivity index (χ0n) is 12.5. The molecule has 1 atom stereocenters. The molecular weight excluding hydrogens is 300 g/mol. The van der Waals surface area contributed by atoms with Crippen LogP contribution < -0.4 is 5.32 Å². The Morgan fingerprint density at radius 3 is 2.77 bits per heavy atom. The molecule has 22 heavy (non-hydrogen) atoms. The van der Waals surface area contributed by atoms with Crippen LogP contribution in [0.1, 0.15) is 29.3 Å². The lowest BCUT2D eigenvalue weighted by molar-refractivity contribution is 0.601. The lowest BCUT2D eigenvalue weighted by atomic mass is 10.1. The molecule has 0 saturated carbocycles. The molecule has 0 bridgehead atoms. The highest BCUT2D eigenvalue weighted by Gasteiger charge is 2.31. The fraction of sp³-hybridized carbons (Fsp3) is 0.467. The van der Waals surface area contributed by atoms with Crippen molar-refractivity contribution in [3.05, 3.63) is 41.2 Å². The maximum atomic E-state index is 11.5. The Morgan fingerprint density at radius 2 is 2.09 bits per heavy atom. The van der Waals surface area contributed by atoms with Gasteiger partial charge >= 0.3 is 0 Å². The minimum atomic E-state index is -2.90. The van der Waals surface area contributed by atoms with Gasteiger partial charge in [-0.3, -0.25) is 5.10 Å². The molecule has 1 aromatic carbocycles. The third kappa shape index (κ3) is 3.65. The van der Waals surface area contributed by atoms with Crippen LogP contribution in [-0.4, -0.2) is 41.6 Å². The van der Waals surface area contributed by atoms with Crippen LogP contribution in [0.5, 0.6) is 0 Å². The Hall–Kier alpha value is -1.89. The molecule has 1 aliphatic rings. The van der Waals surface area contributed by atoms with E-state index < -0.39 is 9.84 Å². The van der Waals surface area contributed by atoms with E-state index in [1.165, 1.54) is 11.1 Å². The van der Waals surface area contributed by atoms with E-state index in [-0.39, 0.29) is 17.4 Å². The van der Waals surface area contributed by atoms with Gasteiger partial charge in [-0.25, -0.2) is 8.42 Å². The summed E-state index contributed by atoms with van der Waals surface area (Å²) in [5.74, 6) is 1.56. The number of aryl methyl sites for hydroxylation is 1. The largest absolute Gasteiger partial charge is 0.353 e. The van der Waals surface area contributed by atoms with Crippen LogP contribution >= 0.6 is 0 Å². The van der Waals surface area contributed by atoms with E-state index in [4.69, 9.17) is 0 Å². The second-order valence-corrected chi connectivity index (χ2v) is 8.04. The molecule has 6 nitrogen and oxygen atoms in total. The monoisotopic (exact) mass is 320 g/mol. The number of rotatable bonds is 5. The van der Waals surface area contributed by atoms with Crippen molar-refractivity contribution in [1.29, 1.82) is 0 Å². The summed E-state index contributed by atoms with van der Waals surface area (Å²) in [6, 6.07) is 8.43. The van der Waals surface area contributed by atoms with Crippen LogP contribution in [0.15, 0.2) is 24.3 Å². The Morgan fingerprint density at radius 1 is 1.32 bits per heavy atom. The van der Waals surface area contributed by atoms with Crippen molar-refractivity contribution in [2.45, 2.75) is 25.7 Å². The first kappa shape index (κ1) is 15.0. The van der Waals surface area contributed by atoms with E-state index in [0.29, 0.717) is 18.2 Å². The summed E-state index contributed by atoms with van der Waals surface area (Å²) in [4.78, 5) is 4.36. The highest BCUT2D eigenvalue weighted by atomic mass is 32.2. The molecule has 2 heterocycles. The van der Waals surface area contributed by atoms with Crippen molar-refractivity contribution >= 4 is 15.8 Å². The normalized spacial score (nSPS) is 20.1. The summed E-state index contributed by atoms with van der Waals surface area (Å²) >= 11 is 0.